The number of nitrogens with zero attached hydrogens (tertiary/aromatic N) is 2. The summed E-state index contributed by atoms with van der Waals surface area (Å²) in [4.78, 5) is 13.2. The van der Waals surface area contributed by atoms with Crippen molar-refractivity contribution < 1.29 is 13.2 Å². The first-order chi connectivity index (χ1) is 10.9. The number of sulfonamides is 1. The Bertz CT molecular complexity index is 824. The number of hydrogen-bond acceptors (Lipinski definition) is 5. The number of nitriles is 1. The SMILES string of the molecule is CC(=O)N(CCNS(=O)(=O)c1cccs1)c1cccc(C#N)c1. The van der Waals surface area contributed by atoms with E-state index < -0.39 is 10.0 Å². The first kappa shape index (κ1) is 17.1. The number of carbonyl (C=O) groups excluding carboxylic acids is 1. The van der Waals surface area contributed by atoms with E-state index >= 15 is 0 Å². The summed E-state index contributed by atoms with van der Waals surface area (Å²) in [5.41, 5.74) is 1.000. The highest BCUT2D eigenvalue weighted by Gasteiger charge is 2.17. The lowest BCUT2D eigenvalue weighted by Gasteiger charge is -2.21. The van der Waals surface area contributed by atoms with E-state index in [1.807, 2.05) is 6.07 Å². The fraction of sp³-hybridized carbons (Fsp3) is 0.200. The second kappa shape index (κ2) is 7.37. The summed E-state index contributed by atoms with van der Waals surface area (Å²) in [7, 11) is -3.56. The Labute approximate surface area is 139 Å². The Morgan fingerprint density at radius 1 is 1.35 bits per heavy atom. The molecule has 1 aromatic heterocycles. The lowest BCUT2D eigenvalue weighted by molar-refractivity contribution is -0.116. The maximum atomic E-state index is 12.0. The predicted molar refractivity (Wildman–Crippen MR) is 88.7 cm³/mol. The standard InChI is InChI=1S/C15H15N3O3S2/c1-12(19)18(14-5-2-4-13(10-14)11-16)8-7-17-23(20,21)15-6-3-9-22-15/h2-6,9-10,17H,7-8H2,1H3. The van der Waals surface area contributed by atoms with Gasteiger partial charge in [-0.25, -0.2) is 13.1 Å². The molecule has 1 amide bonds. The van der Waals surface area contributed by atoms with E-state index in [0.29, 0.717) is 11.3 Å². The Kier molecular flexibility index (Phi) is 5.50. The molecule has 2 aromatic rings. The highest BCUT2D eigenvalue weighted by molar-refractivity contribution is 7.91. The molecule has 1 aromatic carbocycles. The molecular formula is C15H15N3O3S2. The summed E-state index contributed by atoms with van der Waals surface area (Å²) in [6.45, 7) is 1.65. The second-order valence-corrected chi connectivity index (χ2v) is 7.60. The zero-order valence-corrected chi connectivity index (χ0v) is 14.0. The third-order valence-electron chi connectivity index (χ3n) is 3.05. The first-order valence-electron chi connectivity index (χ1n) is 6.75. The number of carbonyl (C=O) groups is 1. The number of thiophene rings is 1. The van der Waals surface area contributed by atoms with Crippen LogP contribution in [0.25, 0.3) is 0 Å². The van der Waals surface area contributed by atoms with Crippen molar-refractivity contribution in [1.82, 2.24) is 4.72 Å². The van der Waals surface area contributed by atoms with Gasteiger partial charge < -0.3 is 4.90 Å². The highest BCUT2D eigenvalue weighted by atomic mass is 32.2. The van der Waals surface area contributed by atoms with E-state index in [-0.39, 0.29) is 23.2 Å². The quantitative estimate of drug-likeness (QED) is 0.863. The summed E-state index contributed by atoms with van der Waals surface area (Å²) >= 11 is 1.13. The molecular weight excluding hydrogens is 334 g/mol. The fourth-order valence-corrected chi connectivity index (χ4v) is 4.05. The minimum absolute atomic E-state index is 0.0800. The molecule has 8 heteroatoms. The van der Waals surface area contributed by atoms with Gasteiger partial charge in [0.2, 0.25) is 15.9 Å². The van der Waals surface area contributed by atoms with Crippen LogP contribution < -0.4 is 9.62 Å². The van der Waals surface area contributed by atoms with Crippen LogP contribution in [0, 0.1) is 11.3 Å². The van der Waals surface area contributed by atoms with E-state index in [1.165, 1.54) is 17.9 Å². The van der Waals surface area contributed by atoms with Crippen LogP contribution in [0.5, 0.6) is 0 Å². The normalized spacial score (nSPS) is 11.0. The van der Waals surface area contributed by atoms with Gasteiger partial charge in [-0.1, -0.05) is 12.1 Å². The van der Waals surface area contributed by atoms with Crippen molar-refractivity contribution in [2.24, 2.45) is 0 Å². The monoisotopic (exact) mass is 349 g/mol. The van der Waals surface area contributed by atoms with Crippen molar-refractivity contribution >= 4 is 33.0 Å². The van der Waals surface area contributed by atoms with Crippen molar-refractivity contribution in [3.63, 3.8) is 0 Å². The number of amides is 1. The van der Waals surface area contributed by atoms with Gasteiger partial charge in [0.15, 0.2) is 0 Å². The van der Waals surface area contributed by atoms with Crippen molar-refractivity contribution in [1.29, 1.82) is 5.26 Å². The smallest absolute Gasteiger partial charge is 0.250 e. The van der Waals surface area contributed by atoms with Crippen LogP contribution in [0.3, 0.4) is 0 Å². The minimum Gasteiger partial charge on any atom is -0.311 e. The molecule has 0 unspecified atom stereocenters. The molecule has 120 valence electrons. The van der Waals surface area contributed by atoms with E-state index in [4.69, 9.17) is 5.26 Å². The van der Waals surface area contributed by atoms with Crippen LogP contribution in [0.4, 0.5) is 5.69 Å². The van der Waals surface area contributed by atoms with Crippen molar-refractivity contribution in [3.8, 4) is 6.07 Å². The zero-order chi connectivity index (χ0) is 16.9. The van der Waals surface area contributed by atoms with Gasteiger partial charge in [-0.15, -0.1) is 11.3 Å². The maximum Gasteiger partial charge on any atom is 0.250 e. The molecule has 0 bridgehead atoms. The largest absolute Gasteiger partial charge is 0.311 e. The number of benzene rings is 1. The van der Waals surface area contributed by atoms with E-state index in [1.54, 1.807) is 35.7 Å². The lowest BCUT2D eigenvalue weighted by atomic mass is 10.2. The number of hydrogen-bond donors (Lipinski definition) is 1. The highest BCUT2D eigenvalue weighted by Crippen LogP contribution is 2.17. The Balaban J connectivity index is 2.06. The van der Waals surface area contributed by atoms with Gasteiger partial charge in [0.05, 0.1) is 11.6 Å². The van der Waals surface area contributed by atoms with Crippen molar-refractivity contribution in [3.05, 3.63) is 47.3 Å². The summed E-state index contributed by atoms with van der Waals surface area (Å²) < 4.78 is 26.8. The average Bonchev–Trinajstić information content (AvgIpc) is 3.06. The third-order valence-corrected chi connectivity index (χ3v) is 5.91. The summed E-state index contributed by atoms with van der Waals surface area (Å²) in [6.07, 6.45) is 0. The van der Waals surface area contributed by atoms with Crippen LogP contribution >= 0.6 is 11.3 Å². The molecule has 0 aliphatic rings. The van der Waals surface area contributed by atoms with E-state index in [0.717, 1.165) is 11.3 Å². The summed E-state index contributed by atoms with van der Waals surface area (Å²) in [5, 5.41) is 10.6. The third kappa shape index (κ3) is 4.39. The molecule has 0 radical (unpaired) electrons. The second-order valence-electron chi connectivity index (χ2n) is 4.66. The van der Waals surface area contributed by atoms with Gasteiger partial charge in [0.1, 0.15) is 4.21 Å². The Morgan fingerprint density at radius 3 is 2.74 bits per heavy atom. The molecule has 1 heterocycles. The minimum atomic E-state index is -3.56. The van der Waals surface area contributed by atoms with E-state index in [9.17, 15) is 13.2 Å². The van der Waals surface area contributed by atoms with Crippen molar-refractivity contribution in [2.75, 3.05) is 18.0 Å². The molecule has 0 atom stereocenters. The number of nitrogens with one attached hydrogen (secondary N) is 1. The molecule has 2 rings (SSSR count). The summed E-state index contributed by atoms with van der Waals surface area (Å²) in [6, 6.07) is 11.8. The Morgan fingerprint density at radius 2 is 2.13 bits per heavy atom. The van der Waals surface area contributed by atoms with Crippen LogP contribution in [0.2, 0.25) is 0 Å². The molecule has 0 fully saturated rings. The average molecular weight is 349 g/mol. The van der Waals surface area contributed by atoms with Gasteiger partial charge in [0.25, 0.3) is 0 Å². The molecule has 0 spiro atoms. The predicted octanol–water partition coefficient (Wildman–Crippen LogP) is 1.95. The first-order valence-corrected chi connectivity index (χ1v) is 9.12. The fourth-order valence-electron chi connectivity index (χ4n) is 1.99. The van der Waals surface area contributed by atoms with Gasteiger partial charge in [-0.05, 0) is 29.6 Å². The molecule has 0 saturated heterocycles. The molecule has 0 saturated carbocycles. The van der Waals surface area contributed by atoms with Gasteiger partial charge in [-0.3, -0.25) is 4.79 Å². The molecule has 0 aliphatic carbocycles. The van der Waals surface area contributed by atoms with Crippen LogP contribution in [-0.2, 0) is 14.8 Å². The molecule has 1 N–H and O–H groups in total. The molecule has 6 nitrogen and oxygen atoms in total. The van der Waals surface area contributed by atoms with Gasteiger partial charge >= 0.3 is 0 Å². The maximum absolute atomic E-state index is 12.0. The van der Waals surface area contributed by atoms with E-state index in [2.05, 4.69) is 4.72 Å². The summed E-state index contributed by atoms with van der Waals surface area (Å²) in [5.74, 6) is -0.226. The van der Waals surface area contributed by atoms with Gasteiger partial charge in [0, 0.05) is 25.7 Å². The lowest BCUT2D eigenvalue weighted by Crippen LogP contribution is -2.37. The number of rotatable bonds is 6. The topological polar surface area (TPSA) is 90.3 Å². The van der Waals surface area contributed by atoms with Crippen LogP contribution in [0.15, 0.2) is 46.0 Å². The molecule has 23 heavy (non-hydrogen) atoms. The molecule has 0 aliphatic heterocycles. The van der Waals surface area contributed by atoms with Crippen molar-refractivity contribution in [2.45, 2.75) is 11.1 Å². The van der Waals surface area contributed by atoms with Crippen LogP contribution in [0.1, 0.15) is 12.5 Å². The van der Waals surface area contributed by atoms with Crippen LogP contribution in [-0.4, -0.2) is 27.4 Å². The van der Waals surface area contributed by atoms with Gasteiger partial charge in [-0.2, -0.15) is 5.26 Å². The zero-order valence-electron chi connectivity index (χ0n) is 12.4. The Hall–Kier alpha value is -2.21. The number of anilines is 1.